The molecule has 1 saturated carbocycles. The van der Waals surface area contributed by atoms with E-state index in [4.69, 9.17) is 23.2 Å². The van der Waals surface area contributed by atoms with E-state index >= 15 is 0 Å². The molecule has 44 heavy (non-hydrogen) atoms. The molecule has 2 atom stereocenters. The molecule has 3 heterocycles. The molecule has 2 aliphatic heterocycles. The van der Waals surface area contributed by atoms with Crippen molar-refractivity contribution >= 4 is 52.6 Å². The van der Waals surface area contributed by atoms with Crippen molar-refractivity contribution in [3.63, 3.8) is 0 Å². The predicted molar refractivity (Wildman–Crippen MR) is 163 cm³/mol. The third kappa shape index (κ3) is 7.03. The molecule has 3 aromatic rings. The predicted octanol–water partition coefficient (Wildman–Crippen LogP) is 5.29. The molecular weight excluding hydrogens is 610 g/mol. The fraction of sp³-hybridized carbons (Fsp3) is 0.344. The van der Waals surface area contributed by atoms with Crippen molar-refractivity contribution in [2.24, 2.45) is 5.92 Å². The SMILES string of the molecule is O=C(Nc1ccc(CC(NC(=O)C2C3CCC(CC3)N2C(=O)CCc2ccccc2F)C(=O)O)cc1)c1c(Cl)cncc1Cl. The minimum atomic E-state index is -1.24. The van der Waals surface area contributed by atoms with Crippen molar-refractivity contribution in [2.45, 2.75) is 63.1 Å². The molecule has 230 valence electrons. The van der Waals surface area contributed by atoms with Crippen molar-refractivity contribution in [1.82, 2.24) is 15.2 Å². The molecule has 1 aromatic heterocycles. The second kappa shape index (κ2) is 13.7. The van der Waals surface area contributed by atoms with Gasteiger partial charge < -0.3 is 20.6 Å². The molecule has 2 saturated heterocycles. The van der Waals surface area contributed by atoms with Gasteiger partial charge in [0.1, 0.15) is 17.9 Å². The highest BCUT2D eigenvalue weighted by molar-refractivity contribution is 6.40. The van der Waals surface area contributed by atoms with Gasteiger partial charge in [0.15, 0.2) is 0 Å². The number of pyridine rings is 1. The third-order valence-corrected chi connectivity index (χ3v) is 8.92. The maximum Gasteiger partial charge on any atom is 0.326 e. The maximum absolute atomic E-state index is 14.1. The van der Waals surface area contributed by atoms with E-state index in [2.05, 4.69) is 15.6 Å². The molecule has 3 aliphatic rings. The topological polar surface area (TPSA) is 129 Å². The quantitative estimate of drug-likeness (QED) is 0.276. The number of halogens is 3. The number of benzene rings is 2. The van der Waals surface area contributed by atoms with Crippen molar-refractivity contribution in [3.05, 3.63) is 93.5 Å². The molecule has 0 spiro atoms. The molecule has 2 aromatic carbocycles. The van der Waals surface area contributed by atoms with Gasteiger partial charge in [0.25, 0.3) is 5.91 Å². The summed E-state index contributed by atoms with van der Waals surface area (Å²) in [4.78, 5) is 57.3. The van der Waals surface area contributed by atoms with Crippen molar-refractivity contribution in [1.29, 1.82) is 0 Å². The fourth-order valence-corrected chi connectivity index (χ4v) is 6.70. The lowest BCUT2D eigenvalue weighted by atomic mass is 9.74. The molecule has 3 N–H and O–H groups in total. The molecule has 3 amide bonds. The van der Waals surface area contributed by atoms with Crippen LogP contribution < -0.4 is 10.6 Å². The second-order valence-corrected chi connectivity index (χ2v) is 12.0. The number of piperidine rings is 2. The van der Waals surface area contributed by atoms with Gasteiger partial charge in [0.05, 0.1) is 15.6 Å². The highest BCUT2D eigenvalue weighted by atomic mass is 35.5. The Balaban J connectivity index is 1.24. The summed E-state index contributed by atoms with van der Waals surface area (Å²) in [6.07, 6.45) is 6.00. The van der Waals surface area contributed by atoms with Gasteiger partial charge in [-0.3, -0.25) is 19.4 Å². The number of carbonyl (C=O) groups excluding carboxylic acids is 3. The largest absolute Gasteiger partial charge is 0.480 e. The minimum Gasteiger partial charge on any atom is -0.480 e. The molecule has 6 rings (SSSR count). The summed E-state index contributed by atoms with van der Waals surface area (Å²) in [5, 5.41) is 15.5. The van der Waals surface area contributed by atoms with Crippen molar-refractivity contribution < 1.29 is 28.7 Å². The van der Waals surface area contributed by atoms with Gasteiger partial charge in [-0.1, -0.05) is 53.5 Å². The van der Waals surface area contributed by atoms with E-state index in [9.17, 15) is 28.7 Å². The minimum absolute atomic E-state index is 0.0145. The Labute approximate surface area is 263 Å². The van der Waals surface area contributed by atoms with Crippen LogP contribution in [0.3, 0.4) is 0 Å². The van der Waals surface area contributed by atoms with Gasteiger partial charge in [-0.15, -0.1) is 0 Å². The lowest BCUT2D eigenvalue weighted by Gasteiger charge is -2.50. The second-order valence-electron chi connectivity index (χ2n) is 11.1. The molecule has 2 unspecified atom stereocenters. The number of carboxylic acid groups (broad SMARTS) is 1. The number of anilines is 1. The average Bonchev–Trinajstić information content (AvgIpc) is 3.01. The summed E-state index contributed by atoms with van der Waals surface area (Å²) in [6.45, 7) is 0. The first-order valence-corrected chi connectivity index (χ1v) is 15.1. The molecule has 3 fully saturated rings. The van der Waals surface area contributed by atoms with E-state index in [1.54, 1.807) is 47.4 Å². The van der Waals surface area contributed by atoms with Crippen LogP contribution in [0.25, 0.3) is 0 Å². The van der Waals surface area contributed by atoms with Crippen LogP contribution in [0.1, 0.15) is 53.6 Å². The molecule has 12 heteroatoms. The number of aliphatic carboxylic acids is 1. The zero-order valence-corrected chi connectivity index (χ0v) is 25.2. The standard InChI is InChI=1S/C32H31Cl2FN4O5/c33-23-16-36-17-24(34)28(23)30(41)37-21-10-5-18(6-11-21)15-26(32(43)44)38-31(42)29-20-7-12-22(13-8-20)39(29)27(40)14-9-19-3-1-2-4-25(19)35/h1-6,10-11,16-17,20,22,26,29H,7-9,12-15H2,(H,37,41)(H,38,42)(H,43,44). The van der Waals surface area contributed by atoms with E-state index in [0.29, 0.717) is 16.8 Å². The lowest BCUT2D eigenvalue weighted by molar-refractivity contribution is -0.154. The summed E-state index contributed by atoms with van der Waals surface area (Å²) < 4.78 is 14.1. The fourth-order valence-electron chi connectivity index (χ4n) is 6.16. The summed E-state index contributed by atoms with van der Waals surface area (Å²) >= 11 is 12.1. The van der Waals surface area contributed by atoms with Crippen molar-refractivity contribution in [3.8, 4) is 0 Å². The van der Waals surface area contributed by atoms with Crippen LogP contribution >= 0.6 is 23.2 Å². The first-order chi connectivity index (χ1) is 21.1. The number of nitrogens with one attached hydrogen (secondary N) is 2. The number of carboxylic acids is 1. The molecule has 1 aliphatic carbocycles. The molecule has 9 nitrogen and oxygen atoms in total. The molecule has 0 radical (unpaired) electrons. The Kier molecular flexibility index (Phi) is 9.80. The van der Waals surface area contributed by atoms with Crippen LogP contribution in [0, 0.1) is 11.7 Å². The van der Waals surface area contributed by atoms with Crippen LogP contribution in [-0.2, 0) is 27.2 Å². The summed E-state index contributed by atoms with van der Waals surface area (Å²) in [6, 6.07) is 10.7. The van der Waals surface area contributed by atoms with E-state index in [1.807, 2.05) is 0 Å². The number of aromatic nitrogens is 1. The first kappa shape index (κ1) is 31.4. The van der Waals surface area contributed by atoms with Gasteiger partial charge in [-0.2, -0.15) is 0 Å². The van der Waals surface area contributed by atoms with E-state index in [1.165, 1.54) is 18.5 Å². The lowest BCUT2D eigenvalue weighted by Crippen LogP contribution is -2.64. The number of nitrogens with zero attached hydrogens (tertiary/aromatic N) is 2. The zero-order valence-electron chi connectivity index (χ0n) is 23.6. The Morgan fingerprint density at radius 2 is 1.64 bits per heavy atom. The van der Waals surface area contributed by atoms with E-state index in [0.717, 1.165) is 25.7 Å². The smallest absolute Gasteiger partial charge is 0.326 e. The third-order valence-electron chi connectivity index (χ3n) is 8.35. The van der Waals surface area contributed by atoms with Crippen LogP contribution in [-0.4, -0.2) is 56.8 Å². The van der Waals surface area contributed by atoms with E-state index in [-0.39, 0.29) is 58.6 Å². The summed E-state index contributed by atoms with van der Waals surface area (Å²) in [7, 11) is 0. The first-order valence-electron chi connectivity index (χ1n) is 14.4. The highest BCUT2D eigenvalue weighted by Gasteiger charge is 2.47. The Morgan fingerprint density at radius 1 is 0.977 bits per heavy atom. The Bertz CT molecular complexity index is 1540. The molecular formula is C32H31Cl2FN4O5. The highest BCUT2D eigenvalue weighted by Crippen LogP contribution is 2.40. The number of rotatable bonds is 10. The number of hydrogen-bond donors (Lipinski definition) is 3. The Morgan fingerprint density at radius 3 is 2.27 bits per heavy atom. The van der Waals surface area contributed by atoms with Crippen LogP contribution in [0.2, 0.25) is 10.0 Å². The number of fused-ring (bicyclic) bond motifs is 3. The number of hydrogen-bond acceptors (Lipinski definition) is 5. The Hall–Kier alpha value is -4.02. The average molecular weight is 642 g/mol. The van der Waals surface area contributed by atoms with Gasteiger partial charge in [0, 0.05) is 37.0 Å². The monoisotopic (exact) mass is 640 g/mol. The number of aryl methyl sites for hydroxylation is 1. The zero-order chi connectivity index (χ0) is 31.4. The van der Waals surface area contributed by atoms with Crippen LogP contribution in [0.4, 0.5) is 10.1 Å². The summed E-state index contributed by atoms with van der Waals surface area (Å²) in [5.74, 6) is -2.92. The van der Waals surface area contributed by atoms with E-state index < -0.39 is 29.9 Å². The normalized spacial score (nSPS) is 19.7. The maximum atomic E-state index is 14.1. The van der Waals surface area contributed by atoms with Gasteiger partial charge in [-0.05, 0) is 67.3 Å². The molecule has 2 bridgehead atoms. The van der Waals surface area contributed by atoms with Crippen LogP contribution in [0.15, 0.2) is 60.9 Å². The van der Waals surface area contributed by atoms with Crippen molar-refractivity contribution in [2.75, 3.05) is 5.32 Å². The van der Waals surface area contributed by atoms with Crippen LogP contribution in [0.5, 0.6) is 0 Å². The van der Waals surface area contributed by atoms with Gasteiger partial charge in [0.2, 0.25) is 11.8 Å². The number of amides is 3. The summed E-state index contributed by atoms with van der Waals surface area (Å²) in [5.41, 5.74) is 1.56. The van der Waals surface area contributed by atoms with Gasteiger partial charge >= 0.3 is 5.97 Å². The van der Waals surface area contributed by atoms with Gasteiger partial charge in [-0.25, -0.2) is 9.18 Å². The number of carbonyl (C=O) groups is 4.